The Bertz CT molecular complexity index is 363. The summed E-state index contributed by atoms with van der Waals surface area (Å²) in [7, 11) is 1.64. The number of rotatable bonds is 2. The van der Waals surface area contributed by atoms with E-state index in [1.54, 1.807) is 7.11 Å². The number of benzene rings is 1. The molecule has 1 aromatic rings. The number of methoxy groups -OCH3 is 1. The molecule has 1 unspecified atom stereocenters. The first-order valence-corrected chi connectivity index (χ1v) is 4.41. The summed E-state index contributed by atoms with van der Waals surface area (Å²) in [6.45, 7) is 0. The van der Waals surface area contributed by atoms with Crippen molar-refractivity contribution in [3.63, 3.8) is 0 Å². The summed E-state index contributed by atoms with van der Waals surface area (Å²) in [5.74, 6) is 1.36. The molecule has 4 nitrogen and oxygen atoms in total. The summed E-state index contributed by atoms with van der Waals surface area (Å²) in [5.41, 5.74) is 6.56. The molecule has 0 fully saturated rings. The van der Waals surface area contributed by atoms with Crippen LogP contribution in [0, 0.1) is 0 Å². The van der Waals surface area contributed by atoms with E-state index in [0.717, 1.165) is 11.3 Å². The maximum absolute atomic E-state index is 5.53. The second-order valence-corrected chi connectivity index (χ2v) is 3.16. The summed E-state index contributed by atoms with van der Waals surface area (Å²) in [5, 5.41) is 3.70. The maximum atomic E-state index is 5.53. The minimum atomic E-state index is -0.0647. The molecule has 0 radical (unpaired) electrons. The van der Waals surface area contributed by atoms with Crippen LogP contribution in [-0.2, 0) is 4.84 Å². The van der Waals surface area contributed by atoms with E-state index >= 15 is 0 Å². The highest BCUT2D eigenvalue weighted by Crippen LogP contribution is 2.28. The lowest BCUT2D eigenvalue weighted by Crippen LogP contribution is -2.09. The second kappa shape index (κ2) is 3.57. The lowest BCUT2D eigenvalue weighted by atomic mass is 10.1. The Morgan fingerprint density at radius 2 is 2.43 bits per heavy atom. The highest BCUT2D eigenvalue weighted by molar-refractivity contribution is 5.81. The molecule has 74 valence electrons. The van der Waals surface area contributed by atoms with Gasteiger partial charge in [-0.1, -0.05) is 17.3 Å². The van der Waals surface area contributed by atoms with Crippen molar-refractivity contribution < 1.29 is 9.57 Å². The Balaban J connectivity index is 2.17. The minimum absolute atomic E-state index is 0.0647. The molecule has 0 aromatic heterocycles. The van der Waals surface area contributed by atoms with Gasteiger partial charge in [0.1, 0.15) is 11.6 Å². The van der Waals surface area contributed by atoms with Crippen molar-refractivity contribution in [2.24, 2.45) is 10.9 Å². The van der Waals surface area contributed by atoms with Gasteiger partial charge in [-0.25, -0.2) is 0 Å². The van der Waals surface area contributed by atoms with Crippen molar-refractivity contribution in [3.8, 4) is 5.75 Å². The Hall–Kier alpha value is -1.71. The van der Waals surface area contributed by atoms with E-state index in [1.807, 2.05) is 24.3 Å². The third kappa shape index (κ3) is 1.64. The summed E-state index contributed by atoms with van der Waals surface area (Å²) in [4.78, 5) is 5.16. The highest BCUT2D eigenvalue weighted by Gasteiger charge is 2.20. The molecule has 0 aliphatic carbocycles. The Morgan fingerprint density at radius 1 is 1.57 bits per heavy atom. The number of nitrogens with two attached hydrogens (primary N) is 1. The van der Waals surface area contributed by atoms with E-state index in [4.69, 9.17) is 15.3 Å². The average Bonchev–Trinajstić information content (AvgIpc) is 2.65. The maximum Gasteiger partial charge on any atom is 0.159 e. The van der Waals surface area contributed by atoms with E-state index in [-0.39, 0.29) is 6.10 Å². The van der Waals surface area contributed by atoms with Crippen LogP contribution in [0.1, 0.15) is 18.1 Å². The van der Waals surface area contributed by atoms with Crippen LogP contribution in [0.25, 0.3) is 0 Å². The molecule has 2 rings (SSSR count). The Morgan fingerprint density at radius 3 is 3.07 bits per heavy atom. The van der Waals surface area contributed by atoms with Crippen LogP contribution in [0.4, 0.5) is 0 Å². The quantitative estimate of drug-likeness (QED) is 0.771. The summed E-state index contributed by atoms with van der Waals surface area (Å²) >= 11 is 0. The van der Waals surface area contributed by atoms with Gasteiger partial charge in [0.2, 0.25) is 0 Å². The number of amidine groups is 1. The van der Waals surface area contributed by atoms with Crippen molar-refractivity contribution in [1.82, 2.24) is 0 Å². The first-order chi connectivity index (χ1) is 6.79. The van der Waals surface area contributed by atoms with Crippen LogP contribution >= 0.6 is 0 Å². The fourth-order valence-corrected chi connectivity index (χ4v) is 1.42. The normalized spacial score (nSPS) is 20.1. The van der Waals surface area contributed by atoms with Crippen LogP contribution in [0.5, 0.6) is 5.75 Å². The van der Waals surface area contributed by atoms with Crippen molar-refractivity contribution in [2.45, 2.75) is 12.5 Å². The predicted octanol–water partition coefficient (Wildman–Crippen LogP) is 1.43. The van der Waals surface area contributed by atoms with Crippen molar-refractivity contribution in [2.75, 3.05) is 7.11 Å². The molecule has 2 N–H and O–H groups in total. The first kappa shape index (κ1) is 8.87. The smallest absolute Gasteiger partial charge is 0.159 e. The van der Waals surface area contributed by atoms with Crippen molar-refractivity contribution in [1.29, 1.82) is 0 Å². The zero-order valence-electron chi connectivity index (χ0n) is 7.93. The zero-order valence-corrected chi connectivity index (χ0v) is 7.93. The van der Waals surface area contributed by atoms with Gasteiger partial charge in [0.15, 0.2) is 6.10 Å². The van der Waals surface area contributed by atoms with Gasteiger partial charge in [0.05, 0.1) is 13.5 Å². The van der Waals surface area contributed by atoms with Gasteiger partial charge < -0.3 is 15.3 Å². The molecule has 1 aromatic carbocycles. The van der Waals surface area contributed by atoms with Crippen molar-refractivity contribution >= 4 is 5.84 Å². The van der Waals surface area contributed by atoms with Gasteiger partial charge >= 0.3 is 0 Å². The Kier molecular flexibility index (Phi) is 2.26. The monoisotopic (exact) mass is 192 g/mol. The summed E-state index contributed by atoms with van der Waals surface area (Å²) in [6, 6.07) is 7.72. The Labute approximate surface area is 82.3 Å². The van der Waals surface area contributed by atoms with Crippen LogP contribution < -0.4 is 10.5 Å². The fraction of sp³-hybridized carbons (Fsp3) is 0.300. The lowest BCUT2D eigenvalue weighted by Gasteiger charge is -2.09. The van der Waals surface area contributed by atoms with Gasteiger partial charge in [-0.3, -0.25) is 0 Å². The largest absolute Gasteiger partial charge is 0.497 e. The van der Waals surface area contributed by atoms with E-state index in [9.17, 15) is 0 Å². The number of hydrogen-bond acceptors (Lipinski definition) is 4. The van der Waals surface area contributed by atoms with Crippen molar-refractivity contribution in [3.05, 3.63) is 29.8 Å². The van der Waals surface area contributed by atoms with E-state index in [0.29, 0.717) is 12.3 Å². The molecule has 1 atom stereocenters. The van der Waals surface area contributed by atoms with Gasteiger partial charge in [0, 0.05) is 0 Å². The van der Waals surface area contributed by atoms with Gasteiger partial charge in [-0.05, 0) is 17.7 Å². The molecule has 0 amide bonds. The molecule has 0 bridgehead atoms. The molecule has 14 heavy (non-hydrogen) atoms. The van der Waals surface area contributed by atoms with Gasteiger partial charge in [0.25, 0.3) is 0 Å². The van der Waals surface area contributed by atoms with E-state index in [2.05, 4.69) is 5.16 Å². The molecule has 1 aliphatic heterocycles. The van der Waals surface area contributed by atoms with Gasteiger partial charge in [-0.15, -0.1) is 0 Å². The molecular weight excluding hydrogens is 180 g/mol. The number of nitrogens with zero attached hydrogens (tertiary/aromatic N) is 1. The molecule has 1 heterocycles. The summed E-state index contributed by atoms with van der Waals surface area (Å²) < 4.78 is 5.12. The number of ether oxygens (including phenoxy) is 1. The van der Waals surface area contributed by atoms with Crippen LogP contribution in [0.2, 0.25) is 0 Å². The number of oxime groups is 1. The SMILES string of the molecule is COc1cccc(C2CC(N)=NO2)c1. The lowest BCUT2D eigenvalue weighted by molar-refractivity contribution is 0.0855. The second-order valence-electron chi connectivity index (χ2n) is 3.16. The fourth-order valence-electron chi connectivity index (χ4n) is 1.42. The number of hydrogen-bond donors (Lipinski definition) is 1. The predicted molar refractivity (Wildman–Crippen MR) is 53.1 cm³/mol. The molecule has 0 saturated heterocycles. The van der Waals surface area contributed by atoms with Crippen LogP contribution in [0.3, 0.4) is 0 Å². The van der Waals surface area contributed by atoms with E-state index < -0.39 is 0 Å². The molecule has 1 aliphatic rings. The summed E-state index contributed by atoms with van der Waals surface area (Å²) in [6.07, 6.45) is 0.581. The van der Waals surface area contributed by atoms with Gasteiger partial charge in [-0.2, -0.15) is 0 Å². The molecular formula is C10H12N2O2. The molecule has 0 saturated carbocycles. The van der Waals surface area contributed by atoms with E-state index in [1.165, 1.54) is 0 Å². The first-order valence-electron chi connectivity index (χ1n) is 4.41. The average molecular weight is 192 g/mol. The van der Waals surface area contributed by atoms with Crippen LogP contribution in [0.15, 0.2) is 29.4 Å². The molecule has 0 spiro atoms. The standard InChI is InChI=1S/C10H12N2O2/c1-13-8-4-2-3-7(5-8)9-6-10(11)12-14-9/h2-5,9H,6H2,1H3,(H2,11,12). The van der Waals surface area contributed by atoms with Crippen LogP contribution in [-0.4, -0.2) is 12.9 Å². The topological polar surface area (TPSA) is 56.8 Å². The minimum Gasteiger partial charge on any atom is -0.497 e. The third-order valence-electron chi connectivity index (χ3n) is 2.16. The zero-order chi connectivity index (χ0) is 9.97. The third-order valence-corrected chi connectivity index (χ3v) is 2.16. The molecule has 4 heteroatoms. The highest BCUT2D eigenvalue weighted by atomic mass is 16.6.